The molecule has 4 rings (SSSR count). The third kappa shape index (κ3) is 1.37. The van der Waals surface area contributed by atoms with E-state index >= 15 is 0 Å². The Bertz CT molecular complexity index is 882. The highest BCUT2D eigenvalue weighted by Crippen LogP contribution is 2.42. The minimum atomic E-state index is -0.452. The molecule has 1 aromatic heterocycles. The fraction of sp³-hybridized carbons (Fsp3) is 0.0714. The number of hydrogen-bond donors (Lipinski definition) is 0. The second-order valence-corrected chi connectivity index (χ2v) is 4.63. The quantitative estimate of drug-likeness (QED) is 0.466. The standard InChI is InChI=1S/C14H7ClO4/c15-8-3-1-2-7-11(8)14(16)19-9-4-5-10-13(12(7)9)18-6-17-10/h1-5H,6H2. The van der Waals surface area contributed by atoms with Gasteiger partial charge in [0.2, 0.25) is 6.79 Å². The molecule has 0 fully saturated rings. The monoisotopic (exact) mass is 274 g/mol. The van der Waals surface area contributed by atoms with E-state index in [4.69, 9.17) is 25.5 Å². The average molecular weight is 275 g/mol. The number of hydrogen-bond acceptors (Lipinski definition) is 4. The van der Waals surface area contributed by atoms with Crippen LogP contribution in [0.25, 0.3) is 21.7 Å². The average Bonchev–Trinajstić information content (AvgIpc) is 2.86. The molecule has 4 nitrogen and oxygen atoms in total. The molecule has 5 heteroatoms. The lowest BCUT2D eigenvalue weighted by Gasteiger charge is -2.06. The lowest BCUT2D eigenvalue weighted by atomic mass is 10.1. The smallest absolute Gasteiger partial charge is 0.345 e. The Kier molecular flexibility index (Phi) is 2.05. The molecule has 0 amide bonds. The number of fused-ring (bicyclic) bond motifs is 5. The van der Waals surface area contributed by atoms with Gasteiger partial charge in [-0.2, -0.15) is 0 Å². The van der Waals surface area contributed by atoms with Crippen LogP contribution >= 0.6 is 11.6 Å². The van der Waals surface area contributed by atoms with E-state index in [0.717, 1.165) is 0 Å². The Hall–Kier alpha value is -2.20. The highest BCUT2D eigenvalue weighted by atomic mass is 35.5. The van der Waals surface area contributed by atoms with Gasteiger partial charge in [0, 0.05) is 5.39 Å². The maximum Gasteiger partial charge on any atom is 0.345 e. The van der Waals surface area contributed by atoms with Crippen LogP contribution in [0.4, 0.5) is 0 Å². The molecule has 0 spiro atoms. The van der Waals surface area contributed by atoms with Crippen molar-refractivity contribution in [3.8, 4) is 11.5 Å². The maximum atomic E-state index is 12.0. The van der Waals surface area contributed by atoms with Crippen molar-refractivity contribution in [3.05, 3.63) is 45.8 Å². The first kappa shape index (κ1) is 10.7. The third-order valence-corrected chi connectivity index (χ3v) is 3.51. The first-order chi connectivity index (χ1) is 9.25. The van der Waals surface area contributed by atoms with E-state index in [9.17, 15) is 4.79 Å². The summed E-state index contributed by atoms with van der Waals surface area (Å²) in [5.41, 5.74) is 0.0102. The second-order valence-electron chi connectivity index (χ2n) is 4.22. The fourth-order valence-corrected chi connectivity index (χ4v) is 2.64. The van der Waals surface area contributed by atoms with Crippen molar-refractivity contribution >= 4 is 33.3 Å². The van der Waals surface area contributed by atoms with Crippen LogP contribution in [0.5, 0.6) is 11.5 Å². The van der Waals surface area contributed by atoms with Gasteiger partial charge in [-0.15, -0.1) is 0 Å². The molecule has 1 aliphatic rings. The minimum Gasteiger partial charge on any atom is -0.454 e. The normalized spacial score (nSPS) is 13.3. The molecular weight excluding hydrogens is 268 g/mol. The Balaban J connectivity index is 2.34. The van der Waals surface area contributed by atoms with Gasteiger partial charge in [-0.25, -0.2) is 4.79 Å². The largest absolute Gasteiger partial charge is 0.454 e. The van der Waals surface area contributed by atoms with E-state index in [-0.39, 0.29) is 6.79 Å². The molecule has 0 unspecified atom stereocenters. The van der Waals surface area contributed by atoms with Gasteiger partial charge in [-0.1, -0.05) is 23.7 Å². The summed E-state index contributed by atoms with van der Waals surface area (Å²) < 4.78 is 16.1. The van der Waals surface area contributed by atoms with Crippen molar-refractivity contribution in [2.75, 3.05) is 6.79 Å². The molecule has 0 saturated carbocycles. The van der Waals surface area contributed by atoms with Crippen LogP contribution in [0.15, 0.2) is 39.5 Å². The molecule has 0 radical (unpaired) electrons. The predicted molar refractivity (Wildman–Crippen MR) is 71.1 cm³/mol. The first-order valence-corrected chi connectivity index (χ1v) is 6.07. The van der Waals surface area contributed by atoms with Crippen LogP contribution < -0.4 is 15.1 Å². The highest BCUT2D eigenvalue weighted by molar-refractivity contribution is 6.36. The highest BCUT2D eigenvalue weighted by Gasteiger charge is 2.21. The second kappa shape index (κ2) is 3.65. The van der Waals surface area contributed by atoms with Crippen molar-refractivity contribution in [2.24, 2.45) is 0 Å². The van der Waals surface area contributed by atoms with Crippen LogP contribution in [0.2, 0.25) is 5.02 Å². The Labute approximate surface area is 112 Å². The zero-order chi connectivity index (χ0) is 13.0. The lowest BCUT2D eigenvalue weighted by Crippen LogP contribution is -2.01. The molecule has 0 bridgehead atoms. The van der Waals surface area contributed by atoms with E-state index in [1.165, 1.54) is 0 Å². The fourth-order valence-electron chi connectivity index (χ4n) is 2.39. The molecule has 2 aromatic carbocycles. The molecule has 94 valence electrons. The molecule has 1 aliphatic heterocycles. The molecule has 0 aliphatic carbocycles. The molecule has 3 aromatic rings. The van der Waals surface area contributed by atoms with E-state index in [1.807, 2.05) is 6.07 Å². The SMILES string of the molecule is O=c1oc2ccc3c(c2c2cccc(Cl)c12)OCO3. The molecule has 2 heterocycles. The summed E-state index contributed by atoms with van der Waals surface area (Å²) in [5, 5.41) is 2.15. The summed E-state index contributed by atoms with van der Waals surface area (Å²) in [6, 6.07) is 8.70. The van der Waals surface area contributed by atoms with Gasteiger partial charge < -0.3 is 13.9 Å². The van der Waals surface area contributed by atoms with Crippen molar-refractivity contribution in [1.29, 1.82) is 0 Å². The van der Waals surface area contributed by atoms with Gasteiger partial charge in [0.15, 0.2) is 11.5 Å². The van der Waals surface area contributed by atoms with Crippen molar-refractivity contribution < 1.29 is 13.9 Å². The number of rotatable bonds is 0. The van der Waals surface area contributed by atoms with Gasteiger partial charge in [0.05, 0.1) is 15.8 Å². The van der Waals surface area contributed by atoms with Crippen molar-refractivity contribution in [1.82, 2.24) is 0 Å². The summed E-state index contributed by atoms with van der Waals surface area (Å²) in [6.07, 6.45) is 0. The van der Waals surface area contributed by atoms with E-state index < -0.39 is 5.63 Å². The summed E-state index contributed by atoms with van der Waals surface area (Å²) >= 11 is 6.08. The van der Waals surface area contributed by atoms with Gasteiger partial charge in [0.1, 0.15) is 5.58 Å². The molecule has 0 N–H and O–H groups in total. The predicted octanol–water partition coefficient (Wildman–Crippen LogP) is 3.33. The van der Waals surface area contributed by atoms with Crippen LogP contribution in [0, 0.1) is 0 Å². The van der Waals surface area contributed by atoms with Gasteiger partial charge in [-0.3, -0.25) is 0 Å². The summed E-state index contributed by atoms with van der Waals surface area (Å²) in [4.78, 5) is 12.0. The van der Waals surface area contributed by atoms with Gasteiger partial charge in [0.25, 0.3) is 0 Å². The van der Waals surface area contributed by atoms with Crippen LogP contribution in [-0.4, -0.2) is 6.79 Å². The van der Waals surface area contributed by atoms with Crippen LogP contribution in [0.1, 0.15) is 0 Å². The summed E-state index contributed by atoms with van der Waals surface area (Å²) in [5.74, 6) is 1.23. The van der Waals surface area contributed by atoms with Crippen molar-refractivity contribution in [3.63, 3.8) is 0 Å². The van der Waals surface area contributed by atoms with E-state index in [1.54, 1.807) is 24.3 Å². The molecule has 19 heavy (non-hydrogen) atoms. The molecule has 0 saturated heterocycles. The lowest BCUT2D eigenvalue weighted by molar-refractivity contribution is 0.175. The van der Waals surface area contributed by atoms with Gasteiger partial charge in [-0.05, 0) is 18.2 Å². The Morgan fingerprint density at radius 3 is 2.84 bits per heavy atom. The van der Waals surface area contributed by atoms with Crippen molar-refractivity contribution in [2.45, 2.75) is 0 Å². The van der Waals surface area contributed by atoms with E-state index in [0.29, 0.717) is 38.3 Å². The van der Waals surface area contributed by atoms with Crippen LogP contribution in [-0.2, 0) is 0 Å². The zero-order valence-corrected chi connectivity index (χ0v) is 10.4. The summed E-state index contributed by atoms with van der Waals surface area (Å²) in [7, 11) is 0. The minimum absolute atomic E-state index is 0.162. The Morgan fingerprint density at radius 1 is 1.05 bits per heavy atom. The third-order valence-electron chi connectivity index (χ3n) is 3.19. The molecular formula is C14H7ClO4. The number of benzene rings is 2. The first-order valence-electron chi connectivity index (χ1n) is 5.69. The molecule has 0 atom stereocenters. The van der Waals surface area contributed by atoms with E-state index in [2.05, 4.69) is 0 Å². The maximum absolute atomic E-state index is 12.0. The summed E-state index contributed by atoms with van der Waals surface area (Å²) in [6.45, 7) is 0.162. The topological polar surface area (TPSA) is 48.7 Å². The Morgan fingerprint density at radius 2 is 1.95 bits per heavy atom. The number of ether oxygens (including phenoxy) is 2. The van der Waals surface area contributed by atoms with Gasteiger partial charge >= 0.3 is 5.63 Å². The zero-order valence-electron chi connectivity index (χ0n) is 9.60. The number of halogens is 1. The van der Waals surface area contributed by atoms with Crippen LogP contribution in [0.3, 0.4) is 0 Å².